The van der Waals surface area contributed by atoms with Crippen LogP contribution in [0.2, 0.25) is 0 Å². The Balaban J connectivity index is 0.000000280. The maximum absolute atomic E-state index is 10.2. The van der Waals surface area contributed by atoms with E-state index in [0.29, 0.717) is 12.5 Å². The fourth-order valence-electron chi connectivity index (χ4n) is 1.30. The third kappa shape index (κ3) is 9.69. The van der Waals surface area contributed by atoms with Gasteiger partial charge in [-0.05, 0) is 26.2 Å². The zero-order valence-corrected chi connectivity index (χ0v) is 9.70. The first-order chi connectivity index (χ1) is 7.20. The number of hydrogen-bond acceptors (Lipinski definition) is 4. The van der Waals surface area contributed by atoms with Gasteiger partial charge in [0.1, 0.15) is 0 Å². The Hall–Kier alpha value is -0.610. The van der Waals surface area contributed by atoms with Gasteiger partial charge in [-0.3, -0.25) is 0 Å². The SMILES string of the molecule is CC1CCCO1.CCCCCC(=O)OO. The molecule has 1 rings (SSSR count). The van der Waals surface area contributed by atoms with Crippen LogP contribution in [0, 0.1) is 0 Å². The molecule has 0 aliphatic carbocycles. The number of ether oxygens (including phenoxy) is 1. The van der Waals surface area contributed by atoms with Crippen LogP contribution in [0.25, 0.3) is 0 Å². The largest absolute Gasteiger partial charge is 0.379 e. The zero-order chi connectivity index (χ0) is 11.5. The van der Waals surface area contributed by atoms with Gasteiger partial charge < -0.3 is 9.62 Å². The molecule has 0 spiro atoms. The third-order valence-corrected chi connectivity index (χ3v) is 2.24. The molecule has 1 fully saturated rings. The highest BCUT2D eigenvalue weighted by molar-refractivity contribution is 5.68. The van der Waals surface area contributed by atoms with E-state index in [2.05, 4.69) is 11.8 Å². The van der Waals surface area contributed by atoms with E-state index < -0.39 is 5.97 Å². The lowest BCUT2D eigenvalue weighted by Crippen LogP contribution is -1.99. The molecule has 0 saturated carbocycles. The van der Waals surface area contributed by atoms with Crippen molar-refractivity contribution in [3.05, 3.63) is 0 Å². The van der Waals surface area contributed by atoms with Crippen molar-refractivity contribution < 1.29 is 19.7 Å². The molecule has 1 aliphatic rings. The lowest BCUT2D eigenvalue weighted by Gasteiger charge is -1.94. The maximum atomic E-state index is 10.2. The molecule has 1 unspecified atom stereocenters. The van der Waals surface area contributed by atoms with E-state index in [1.54, 1.807) is 0 Å². The average Bonchev–Trinajstić information content (AvgIpc) is 2.70. The molecule has 1 atom stereocenters. The highest BCUT2D eigenvalue weighted by Gasteiger charge is 2.07. The van der Waals surface area contributed by atoms with Crippen LogP contribution in [0.3, 0.4) is 0 Å². The van der Waals surface area contributed by atoms with Gasteiger partial charge in [0.2, 0.25) is 0 Å². The fraction of sp³-hybridized carbons (Fsp3) is 0.909. The van der Waals surface area contributed by atoms with E-state index in [1.807, 2.05) is 6.92 Å². The molecule has 0 aromatic heterocycles. The first kappa shape index (κ1) is 14.4. The molecule has 4 nitrogen and oxygen atoms in total. The van der Waals surface area contributed by atoms with Crippen LogP contribution < -0.4 is 0 Å². The summed E-state index contributed by atoms with van der Waals surface area (Å²) in [5, 5.41) is 7.78. The molecular weight excluding hydrogens is 196 g/mol. The van der Waals surface area contributed by atoms with Crippen LogP contribution in [0.4, 0.5) is 0 Å². The Morgan fingerprint density at radius 3 is 2.60 bits per heavy atom. The van der Waals surface area contributed by atoms with Crippen LogP contribution in [-0.2, 0) is 14.4 Å². The van der Waals surface area contributed by atoms with Gasteiger partial charge in [0.15, 0.2) is 0 Å². The van der Waals surface area contributed by atoms with E-state index in [9.17, 15) is 4.79 Å². The highest BCUT2D eigenvalue weighted by Crippen LogP contribution is 2.09. The Morgan fingerprint density at radius 1 is 1.53 bits per heavy atom. The lowest BCUT2D eigenvalue weighted by molar-refractivity contribution is -0.234. The predicted molar refractivity (Wildman–Crippen MR) is 57.5 cm³/mol. The number of hydrogen-bond donors (Lipinski definition) is 1. The summed E-state index contributed by atoms with van der Waals surface area (Å²) in [5.74, 6) is -0.538. The molecule has 0 amide bonds. The molecule has 1 saturated heterocycles. The van der Waals surface area contributed by atoms with Crippen LogP contribution in [0.15, 0.2) is 0 Å². The van der Waals surface area contributed by atoms with Crippen LogP contribution in [-0.4, -0.2) is 23.9 Å². The highest BCUT2D eigenvalue weighted by atomic mass is 17.1. The summed E-state index contributed by atoms with van der Waals surface area (Å²) in [6, 6.07) is 0. The second kappa shape index (κ2) is 9.93. The monoisotopic (exact) mass is 218 g/mol. The van der Waals surface area contributed by atoms with Gasteiger partial charge in [0.05, 0.1) is 6.10 Å². The topological polar surface area (TPSA) is 55.8 Å². The van der Waals surface area contributed by atoms with Crippen molar-refractivity contribution in [3.63, 3.8) is 0 Å². The van der Waals surface area contributed by atoms with Gasteiger partial charge in [-0.1, -0.05) is 19.8 Å². The smallest absolute Gasteiger partial charge is 0.342 e. The van der Waals surface area contributed by atoms with Crippen LogP contribution in [0.1, 0.15) is 52.4 Å². The fourth-order valence-corrected chi connectivity index (χ4v) is 1.30. The van der Waals surface area contributed by atoms with Gasteiger partial charge in [0, 0.05) is 13.0 Å². The van der Waals surface area contributed by atoms with Crippen molar-refractivity contribution in [1.29, 1.82) is 0 Å². The second-order valence-corrected chi connectivity index (χ2v) is 3.74. The minimum absolute atomic E-state index is 0.324. The van der Waals surface area contributed by atoms with E-state index in [1.165, 1.54) is 12.8 Å². The first-order valence-electron chi connectivity index (χ1n) is 5.66. The van der Waals surface area contributed by atoms with Crippen LogP contribution in [0.5, 0.6) is 0 Å². The van der Waals surface area contributed by atoms with Gasteiger partial charge in [0.25, 0.3) is 0 Å². The summed E-state index contributed by atoms with van der Waals surface area (Å²) >= 11 is 0. The third-order valence-electron chi connectivity index (χ3n) is 2.24. The van der Waals surface area contributed by atoms with Gasteiger partial charge in [-0.15, -0.1) is 0 Å². The number of rotatable bonds is 4. The van der Waals surface area contributed by atoms with Crippen molar-refractivity contribution >= 4 is 5.97 Å². The summed E-state index contributed by atoms with van der Waals surface area (Å²) < 4.78 is 5.15. The summed E-state index contributed by atoms with van der Waals surface area (Å²) in [5.41, 5.74) is 0. The molecular formula is C11H22O4. The summed E-state index contributed by atoms with van der Waals surface area (Å²) in [6.45, 7) is 5.15. The quantitative estimate of drug-likeness (QED) is 0.448. The average molecular weight is 218 g/mol. The van der Waals surface area contributed by atoms with Crippen molar-refractivity contribution in [3.8, 4) is 0 Å². The first-order valence-corrected chi connectivity index (χ1v) is 5.66. The molecule has 0 aromatic carbocycles. The van der Waals surface area contributed by atoms with Gasteiger partial charge >= 0.3 is 5.97 Å². The minimum atomic E-state index is -0.538. The molecule has 0 bridgehead atoms. The summed E-state index contributed by atoms with van der Waals surface area (Å²) in [4.78, 5) is 13.7. The lowest BCUT2D eigenvalue weighted by atomic mass is 10.2. The zero-order valence-electron chi connectivity index (χ0n) is 9.70. The molecule has 4 heteroatoms. The van der Waals surface area contributed by atoms with E-state index >= 15 is 0 Å². The van der Waals surface area contributed by atoms with E-state index in [4.69, 9.17) is 9.99 Å². The Kier molecular flexibility index (Phi) is 9.52. The molecule has 1 N–H and O–H groups in total. The van der Waals surface area contributed by atoms with Crippen molar-refractivity contribution in [2.75, 3.05) is 6.61 Å². The second-order valence-electron chi connectivity index (χ2n) is 3.74. The molecule has 0 radical (unpaired) electrons. The molecule has 15 heavy (non-hydrogen) atoms. The molecule has 1 aliphatic heterocycles. The molecule has 1 heterocycles. The van der Waals surface area contributed by atoms with E-state index in [-0.39, 0.29) is 0 Å². The summed E-state index contributed by atoms with van der Waals surface area (Å²) in [7, 11) is 0. The molecule has 90 valence electrons. The van der Waals surface area contributed by atoms with Crippen LogP contribution >= 0.6 is 0 Å². The molecule has 0 aromatic rings. The van der Waals surface area contributed by atoms with Crippen molar-refractivity contribution in [1.82, 2.24) is 0 Å². The predicted octanol–water partition coefficient (Wildman–Crippen LogP) is 2.77. The number of unbranched alkanes of at least 4 members (excludes halogenated alkanes) is 2. The minimum Gasteiger partial charge on any atom is -0.379 e. The van der Waals surface area contributed by atoms with Crippen molar-refractivity contribution in [2.24, 2.45) is 0 Å². The van der Waals surface area contributed by atoms with Crippen molar-refractivity contribution in [2.45, 2.75) is 58.5 Å². The Morgan fingerprint density at radius 2 is 2.27 bits per heavy atom. The standard InChI is InChI=1S/C6H12O3.C5H10O/c1-2-3-4-5-6(7)9-8;1-5-3-2-4-6-5/h8H,2-5H2,1H3;5H,2-4H2,1H3. The normalized spacial score (nSPS) is 19.3. The number of carbonyl (C=O) groups excluding carboxylic acids is 1. The van der Waals surface area contributed by atoms with Gasteiger partial charge in [-0.2, -0.15) is 5.26 Å². The van der Waals surface area contributed by atoms with E-state index in [0.717, 1.165) is 25.9 Å². The van der Waals surface area contributed by atoms with Gasteiger partial charge in [-0.25, -0.2) is 4.79 Å². The number of carbonyl (C=O) groups is 1. The summed E-state index contributed by atoms with van der Waals surface area (Å²) in [6.07, 6.45) is 6.28. The Bertz CT molecular complexity index is 153. The Labute approximate surface area is 91.5 Å². The maximum Gasteiger partial charge on any atom is 0.342 e.